The number of hydrogen-bond donors (Lipinski definition) is 2. The summed E-state index contributed by atoms with van der Waals surface area (Å²) < 4.78 is 16.0. The molecule has 1 aromatic carbocycles. The summed E-state index contributed by atoms with van der Waals surface area (Å²) in [6.07, 6.45) is 3.62. The first-order chi connectivity index (χ1) is 13.3. The van der Waals surface area contributed by atoms with Crippen LogP contribution in [0, 0.1) is 0 Å². The normalized spacial score (nSPS) is 11.0. The molecule has 2 rings (SSSR count). The molecule has 27 heavy (non-hydrogen) atoms. The Morgan fingerprint density at radius 3 is 2.52 bits per heavy atom. The second-order valence-electron chi connectivity index (χ2n) is 5.64. The van der Waals surface area contributed by atoms with E-state index in [-0.39, 0.29) is 5.91 Å². The summed E-state index contributed by atoms with van der Waals surface area (Å²) in [4.78, 5) is 17.8. The van der Waals surface area contributed by atoms with Crippen LogP contribution in [-0.2, 0) is 14.2 Å². The number of amides is 1. The Bertz CT molecular complexity index is 714. The molecule has 0 unspecified atom stereocenters. The Labute approximate surface area is 163 Å². The molecule has 0 atom stereocenters. The molecule has 0 spiro atoms. The highest BCUT2D eigenvalue weighted by Gasteiger charge is 2.08. The van der Waals surface area contributed by atoms with Gasteiger partial charge in [0.2, 0.25) is 0 Å². The third-order valence-electron chi connectivity index (χ3n) is 3.69. The fraction of sp³-hybridized carbons (Fsp3) is 0.474. The fourth-order valence-corrected chi connectivity index (χ4v) is 2.96. The molecule has 0 aliphatic rings. The van der Waals surface area contributed by atoms with E-state index in [4.69, 9.17) is 19.9 Å². The highest BCUT2D eigenvalue weighted by Crippen LogP contribution is 2.24. The molecule has 2 aromatic rings. The van der Waals surface area contributed by atoms with Gasteiger partial charge in [0.05, 0.1) is 50.7 Å². The predicted octanol–water partition coefficient (Wildman–Crippen LogP) is 1.69. The number of para-hydroxylation sites is 1. The van der Waals surface area contributed by atoms with Crippen molar-refractivity contribution < 1.29 is 19.0 Å². The van der Waals surface area contributed by atoms with E-state index in [9.17, 15) is 4.79 Å². The van der Waals surface area contributed by atoms with Crippen molar-refractivity contribution in [2.24, 2.45) is 5.73 Å². The third-order valence-corrected chi connectivity index (χ3v) is 4.46. The Kier molecular flexibility index (Phi) is 10.1. The number of benzene rings is 1. The van der Waals surface area contributed by atoms with Crippen LogP contribution in [0.2, 0.25) is 0 Å². The van der Waals surface area contributed by atoms with Gasteiger partial charge in [0.1, 0.15) is 0 Å². The van der Waals surface area contributed by atoms with Crippen molar-refractivity contribution >= 4 is 28.6 Å². The lowest BCUT2D eigenvalue weighted by Gasteiger charge is -2.08. The summed E-state index contributed by atoms with van der Waals surface area (Å²) in [7, 11) is 0. The zero-order chi connectivity index (χ0) is 19.3. The van der Waals surface area contributed by atoms with E-state index >= 15 is 0 Å². The molecule has 1 amide bonds. The smallest absolute Gasteiger partial charge is 0.252 e. The summed E-state index contributed by atoms with van der Waals surface area (Å²) in [5.74, 6) is -0.157. The van der Waals surface area contributed by atoms with Crippen LogP contribution in [0.1, 0.15) is 10.4 Å². The van der Waals surface area contributed by atoms with E-state index < -0.39 is 0 Å². The van der Waals surface area contributed by atoms with Gasteiger partial charge in [0.25, 0.3) is 5.91 Å². The summed E-state index contributed by atoms with van der Waals surface area (Å²) in [6, 6.07) is 7.81. The number of carbonyl (C=O) groups excluding carboxylic acids is 1. The van der Waals surface area contributed by atoms with E-state index in [1.165, 1.54) is 0 Å². The summed E-state index contributed by atoms with van der Waals surface area (Å²) >= 11 is 1.64. The standard InChI is InChI=1S/C19H27N3O4S/c1-27-17-4-2-3-15-13-16(14-22-18(15)17)19(23)21-6-8-25-10-12-26-11-9-24-7-5-20/h2-4,13-14H,5-12,20H2,1H3,(H,21,23). The molecule has 148 valence electrons. The minimum atomic E-state index is -0.157. The molecule has 1 aromatic heterocycles. The largest absolute Gasteiger partial charge is 0.378 e. The minimum Gasteiger partial charge on any atom is -0.378 e. The number of carbonyl (C=O) groups is 1. The number of ether oxygens (including phenoxy) is 3. The second-order valence-corrected chi connectivity index (χ2v) is 6.49. The monoisotopic (exact) mass is 393 g/mol. The third kappa shape index (κ3) is 7.43. The topological polar surface area (TPSA) is 95.7 Å². The molecule has 0 aliphatic heterocycles. The number of pyridine rings is 1. The molecular weight excluding hydrogens is 366 g/mol. The van der Waals surface area contributed by atoms with E-state index in [0.717, 1.165) is 15.8 Å². The van der Waals surface area contributed by atoms with Crippen molar-refractivity contribution in [3.63, 3.8) is 0 Å². The molecule has 3 N–H and O–H groups in total. The Morgan fingerprint density at radius 1 is 1.11 bits per heavy atom. The fourth-order valence-electron chi connectivity index (χ4n) is 2.39. The van der Waals surface area contributed by atoms with Crippen LogP contribution >= 0.6 is 11.8 Å². The van der Waals surface area contributed by atoms with Gasteiger partial charge in [-0.3, -0.25) is 9.78 Å². The minimum absolute atomic E-state index is 0.157. The number of nitrogens with one attached hydrogen (secondary N) is 1. The van der Waals surface area contributed by atoms with Crippen LogP contribution in [-0.4, -0.2) is 69.9 Å². The molecule has 0 saturated heterocycles. The van der Waals surface area contributed by atoms with Gasteiger partial charge in [0.15, 0.2) is 0 Å². The Balaban J connectivity index is 1.63. The maximum absolute atomic E-state index is 12.2. The van der Waals surface area contributed by atoms with Crippen LogP contribution in [0.25, 0.3) is 10.9 Å². The highest BCUT2D eigenvalue weighted by molar-refractivity contribution is 7.98. The van der Waals surface area contributed by atoms with Crippen LogP contribution in [0.15, 0.2) is 35.4 Å². The van der Waals surface area contributed by atoms with Gasteiger partial charge in [-0.2, -0.15) is 0 Å². The van der Waals surface area contributed by atoms with Crippen LogP contribution < -0.4 is 11.1 Å². The van der Waals surface area contributed by atoms with Crippen molar-refractivity contribution in [3.05, 3.63) is 36.0 Å². The number of fused-ring (bicyclic) bond motifs is 1. The predicted molar refractivity (Wildman–Crippen MR) is 107 cm³/mol. The summed E-state index contributed by atoms with van der Waals surface area (Å²) in [5.41, 5.74) is 6.77. The molecule has 0 saturated carbocycles. The van der Waals surface area contributed by atoms with Gasteiger partial charge in [-0.1, -0.05) is 12.1 Å². The van der Waals surface area contributed by atoms with Crippen LogP contribution in [0.3, 0.4) is 0 Å². The van der Waals surface area contributed by atoms with Crippen LogP contribution in [0.4, 0.5) is 0 Å². The lowest BCUT2D eigenvalue weighted by atomic mass is 10.1. The number of thioether (sulfide) groups is 1. The Hall–Kier alpha value is -1.71. The highest BCUT2D eigenvalue weighted by atomic mass is 32.2. The lowest BCUT2D eigenvalue weighted by molar-refractivity contribution is 0.0166. The second kappa shape index (κ2) is 12.6. The van der Waals surface area contributed by atoms with Crippen LogP contribution in [0.5, 0.6) is 0 Å². The first-order valence-electron chi connectivity index (χ1n) is 8.90. The maximum atomic E-state index is 12.2. The first kappa shape index (κ1) is 21.6. The van der Waals surface area contributed by atoms with Gasteiger partial charge in [0, 0.05) is 29.6 Å². The van der Waals surface area contributed by atoms with Gasteiger partial charge < -0.3 is 25.3 Å². The van der Waals surface area contributed by atoms with Gasteiger partial charge >= 0.3 is 0 Å². The summed E-state index contributed by atoms with van der Waals surface area (Å²) in [6.45, 7) is 3.94. The number of rotatable bonds is 13. The van der Waals surface area contributed by atoms with Crippen molar-refractivity contribution in [3.8, 4) is 0 Å². The lowest BCUT2D eigenvalue weighted by Crippen LogP contribution is -2.27. The van der Waals surface area contributed by atoms with E-state index in [1.54, 1.807) is 18.0 Å². The maximum Gasteiger partial charge on any atom is 0.252 e. The number of nitrogens with zero attached hydrogens (tertiary/aromatic N) is 1. The number of aromatic nitrogens is 1. The van der Waals surface area contributed by atoms with Crippen molar-refractivity contribution in [1.82, 2.24) is 10.3 Å². The quantitative estimate of drug-likeness (QED) is 0.395. The molecule has 0 aliphatic carbocycles. The SMILES string of the molecule is CSc1cccc2cc(C(=O)NCCOCCOCCOCCN)cnc12. The average Bonchev–Trinajstić information content (AvgIpc) is 2.70. The molecule has 0 fully saturated rings. The van der Waals surface area contributed by atoms with E-state index in [0.29, 0.717) is 58.3 Å². The van der Waals surface area contributed by atoms with Gasteiger partial charge in [-0.05, 0) is 18.4 Å². The molecular formula is C19H27N3O4S. The Morgan fingerprint density at radius 2 is 1.81 bits per heavy atom. The summed E-state index contributed by atoms with van der Waals surface area (Å²) in [5, 5.41) is 3.79. The molecule has 0 bridgehead atoms. The van der Waals surface area contributed by atoms with Crippen molar-refractivity contribution in [2.45, 2.75) is 4.90 Å². The van der Waals surface area contributed by atoms with Crippen molar-refractivity contribution in [1.29, 1.82) is 0 Å². The zero-order valence-corrected chi connectivity index (χ0v) is 16.4. The molecule has 0 radical (unpaired) electrons. The van der Waals surface area contributed by atoms with Gasteiger partial charge in [-0.25, -0.2) is 0 Å². The van der Waals surface area contributed by atoms with E-state index in [1.807, 2.05) is 30.5 Å². The molecule has 1 heterocycles. The number of hydrogen-bond acceptors (Lipinski definition) is 7. The average molecular weight is 394 g/mol. The zero-order valence-electron chi connectivity index (χ0n) is 15.6. The van der Waals surface area contributed by atoms with Gasteiger partial charge in [-0.15, -0.1) is 11.8 Å². The first-order valence-corrected chi connectivity index (χ1v) is 10.1. The molecule has 8 heteroatoms. The van der Waals surface area contributed by atoms with E-state index in [2.05, 4.69) is 10.3 Å². The molecule has 7 nitrogen and oxygen atoms in total. The van der Waals surface area contributed by atoms with Crippen molar-refractivity contribution in [2.75, 3.05) is 59.0 Å². The number of nitrogens with two attached hydrogens (primary N) is 1.